The quantitative estimate of drug-likeness (QED) is 0.122. The lowest BCUT2D eigenvalue weighted by atomic mass is 9.97. The zero-order valence-corrected chi connectivity index (χ0v) is 30.7. The molecule has 1 aliphatic heterocycles. The van der Waals surface area contributed by atoms with Crippen molar-refractivity contribution in [3.8, 4) is 22.6 Å². The minimum atomic E-state index is -1.66. The van der Waals surface area contributed by atoms with Crippen LogP contribution in [-0.4, -0.2) is 106 Å². The molecule has 5 rings (SSSR count). The van der Waals surface area contributed by atoms with Gasteiger partial charge in [0.05, 0.1) is 26.9 Å². The van der Waals surface area contributed by atoms with Crippen molar-refractivity contribution in [3.63, 3.8) is 0 Å². The molecule has 0 bridgehead atoms. The molecule has 1 aliphatic carbocycles. The molecule has 1 amide bonds. The summed E-state index contributed by atoms with van der Waals surface area (Å²) in [5.74, 6) is -3.27. The Bertz CT molecular complexity index is 1800. The van der Waals surface area contributed by atoms with Gasteiger partial charge in [-0.3, -0.25) is 14.4 Å². The summed E-state index contributed by atoms with van der Waals surface area (Å²) in [4.78, 5) is 61.4. The average Bonchev–Trinajstić information content (AvgIpc) is 3.48. The van der Waals surface area contributed by atoms with Gasteiger partial charge in [0.15, 0.2) is 18.3 Å². The SMILES string of the molecule is COC(=O)[C@H]1O[C@@H](Oc2cc(OCCOCCNC(=O)OCC3c4ccccc4-c4ccccc43)ccc2CO)[C@H](OC(C)=O)[C@@H](OC(C)=O)[C@@H]1OC(C)=O. The Morgan fingerprint density at radius 2 is 1.38 bits per heavy atom. The van der Waals surface area contributed by atoms with Crippen molar-refractivity contribution in [1.29, 1.82) is 0 Å². The Kier molecular flexibility index (Phi) is 14.0. The molecule has 1 saturated heterocycles. The molecule has 0 radical (unpaired) electrons. The maximum Gasteiger partial charge on any atom is 0.407 e. The number of carbonyl (C=O) groups is 5. The number of esters is 4. The van der Waals surface area contributed by atoms with E-state index in [0.29, 0.717) is 0 Å². The third-order valence-electron chi connectivity index (χ3n) is 8.64. The van der Waals surface area contributed by atoms with Crippen LogP contribution >= 0.6 is 0 Å². The normalized spacial score (nSPS) is 19.9. The van der Waals surface area contributed by atoms with Crippen LogP contribution < -0.4 is 14.8 Å². The van der Waals surface area contributed by atoms with Gasteiger partial charge >= 0.3 is 30.0 Å². The van der Waals surface area contributed by atoms with Gasteiger partial charge in [-0.2, -0.15) is 0 Å². The summed E-state index contributed by atoms with van der Waals surface area (Å²) >= 11 is 0. The Balaban J connectivity index is 1.13. The fourth-order valence-corrected chi connectivity index (χ4v) is 6.36. The number of carbonyl (C=O) groups excluding carboxylic acids is 5. The monoisotopic (exact) mass is 765 g/mol. The van der Waals surface area contributed by atoms with Crippen LogP contribution in [0.15, 0.2) is 66.7 Å². The highest BCUT2D eigenvalue weighted by Crippen LogP contribution is 2.44. The van der Waals surface area contributed by atoms with E-state index in [0.717, 1.165) is 50.1 Å². The molecule has 2 N–H and O–H groups in total. The number of alkyl carbamates (subject to hydrolysis) is 1. The number of hydrogen-bond acceptors (Lipinski definition) is 15. The highest BCUT2D eigenvalue weighted by molar-refractivity contribution is 5.79. The van der Waals surface area contributed by atoms with Gasteiger partial charge in [-0.1, -0.05) is 48.5 Å². The standard InChI is InChI=1S/C39H43NO15/c1-22(42)51-33-34(52-23(2)43)36(53-24(3)44)38(55-35(33)37(45)47-4)54-32-19-26(14-13-25(32)20-41)49-18-17-48-16-15-40-39(46)50-21-31-29-11-7-5-9-27(29)28-10-6-8-12-30(28)31/h5-14,19,31,33-36,38,41H,15-18,20-21H2,1-4H3,(H,40,46)/t33-,34-,35-,36+,38+/m0/s1. The number of hydrogen-bond donors (Lipinski definition) is 2. The molecule has 294 valence electrons. The van der Waals surface area contributed by atoms with Gasteiger partial charge < -0.3 is 53.1 Å². The Morgan fingerprint density at radius 1 is 0.764 bits per heavy atom. The van der Waals surface area contributed by atoms with E-state index < -0.39 is 67.3 Å². The first-order chi connectivity index (χ1) is 26.5. The van der Waals surface area contributed by atoms with Gasteiger partial charge in [-0.05, 0) is 34.4 Å². The molecule has 1 fully saturated rings. The lowest BCUT2D eigenvalue weighted by Gasteiger charge is -2.43. The molecular weight excluding hydrogens is 722 g/mol. The van der Waals surface area contributed by atoms with Gasteiger partial charge in [0.25, 0.3) is 0 Å². The van der Waals surface area contributed by atoms with Crippen molar-refractivity contribution >= 4 is 30.0 Å². The number of benzene rings is 3. The fraction of sp³-hybridized carbons (Fsp3) is 0.410. The second kappa shape index (κ2) is 19.1. The van der Waals surface area contributed by atoms with Crippen molar-refractivity contribution in [2.24, 2.45) is 0 Å². The first-order valence-electron chi connectivity index (χ1n) is 17.5. The third kappa shape index (κ3) is 10.3. The number of nitrogens with one attached hydrogen (secondary N) is 1. The third-order valence-corrected chi connectivity index (χ3v) is 8.64. The zero-order chi connectivity index (χ0) is 39.5. The number of aliphatic hydroxyl groups is 1. The van der Waals surface area contributed by atoms with E-state index in [1.54, 1.807) is 6.07 Å². The first kappa shape index (κ1) is 40.5. The number of fused-ring (bicyclic) bond motifs is 3. The molecule has 3 aromatic rings. The largest absolute Gasteiger partial charge is 0.491 e. The molecule has 0 saturated carbocycles. The number of rotatable bonds is 16. The van der Waals surface area contributed by atoms with E-state index in [1.807, 2.05) is 36.4 Å². The minimum Gasteiger partial charge on any atom is -0.491 e. The van der Waals surface area contributed by atoms with Crippen LogP contribution in [0.1, 0.15) is 43.4 Å². The minimum absolute atomic E-state index is 0.00601. The lowest BCUT2D eigenvalue weighted by molar-refractivity contribution is -0.282. The van der Waals surface area contributed by atoms with Crippen LogP contribution in [-0.2, 0) is 58.9 Å². The molecule has 1 heterocycles. The van der Waals surface area contributed by atoms with Crippen molar-refractivity contribution in [2.45, 2.75) is 64.0 Å². The smallest absolute Gasteiger partial charge is 0.407 e. The molecule has 5 atom stereocenters. The van der Waals surface area contributed by atoms with Gasteiger partial charge in [-0.25, -0.2) is 9.59 Å². The summed E-state index contributed by atoms with van der Waals surface area (Å²) in [6, 6.07) is 20.7. The van der Waals surface area contributed by atoms with Crippen LogP contribution in [0.4, 0.5) is 4.79 Å². The summed E-state index contributed by atoms with van der Waals surface area (Å²) < 4.78 is 49.6. The molecule has 3 aromatic carbocycles. The van der Waals surface area contributed by atoms with Gasteiger partial charge in [0.2, 0.25) is 12.4 Å². The topological polar surface area (TPSA) is 201 Å². The number of amides is 1. The molecule has 2 aliphatic rings. The molecule has 16 heteroatoms. The molecule has 0 spiro atoms. The van der Waals surface area contributed by atoms with Crippen molar-refractivity contribution in [2.75, 3.05) is 40.1 Å². The maximum atomic E-state index is 12.8. The molecule has 16 nitrogen and oxygen atoms in total. The molecule has 0 aromatic heterocycles. The Labute approximate surface area is 316 Å². The van der Waals surface area contributed by atoms with E-state index in [-0.39, 0.29) is 56.0 Å². The van der Waals surface area contributed by atoms with Crippen LogP contribution in [0, 0.1) is 0 Å². The number of methoxy groups -OCH3 is 1. The number of ether oxygens (including phenoxy) is 9. The Morgan fingerprint density at radius 3 is 2.00 bits per heavy atom. The summed E-state index contributed by atoms with van der Waals surface area (Å²) in [6.07, 6.45) is -8.52. The molecular formula is C39H43NO15. The molecule has 55 heavy (non-hydrogen) atoms. The van der Waals surface area contributed by atoms with E-state index in [1.165, 1.54) is 12.1 Å². The predicted molar refractivity (Wildman–Crippen MR) is 190 cm³/mol. The highest BCUT2D eigenvalue weighted by atomic mass is 16.7. The first-order valence-corrected chi connectivity index (χ1v) is 17.5. The summed E-state index contributed by atoms with van der Waals surface area (Å²) in [5, 5.41) is 12.7. The van der Waals surface area contributed by atoms with Gasteiger partial charge in [-0.15, -0.1) is 0 Å². The fourth-order valence-electron chi connectivity index (χ4n) is 6.36. The summed E-state index contributed by atoms with van der Waals surface area (Å²) in [5.41, 5.74) is 4.77. The Hall–Kier alpha value is -5.71. The zero-order valence-electron chi connectivity index (χ0n) is 30.7. The maximum absolute atomic E-state index is 12.8. The predicted octanol–water partition coefficient (Wildman–Crippen LogP) is 3.18. The van der Waals surface area contributed by atoms with Gasteiger partial charge in [0, 0.05) is 44.9 Å². The van der Waals surface area contributed by atoms with Crippen LogP contribution in [0.3, 0.4) is 0 Å². The average molecular weight is 766 g/mol. The number of aliphatic hydroxyl groups excluding tert-OH is 1. The summed E-state index contributed by atoms with van der Waals surface area (Å²) in [6.45, 7) is 3.53. The van der Waals surface area contributed by atoms with E-state index >= 15 is 0 Å². The van der Waals surface area contributed by atoms with Gasteiger partial charge in [0.1, 0.15) is 24.7 Å². The van der Waals surface area contributed by atoms with Crippen LogP contribution in [0.5, 0.6) is 11.5 Å². The van der Waals surface area contributed by atoms with Crippen molar-refractivity contribution in [3.05, 3.63) is 83.4 Å². The molecule has 0 unspecified atom stereocenters. The van der Waals surface area contributed by atoms with Crippen molar-refractivity contribution < 1.29 is 71.7 Å². The second-order valence-electron chi connectivity index (χ2n) is 12.4. The highest BCUT2D eigenvalue weighted by Gasteiger charge is 2.56. The van der Waals surface area contributed by atoms with E-state index in [2.05, 4.69) is 17.4 Å². The lowest BCUT2D eigenvalue weighted by Crippen LogP contribution is -2.64. The second-order valence-corrected chi connectivity index (χ2v) is 12.4. The summed E-state index contributed by atoms with van der Waals surface area (Å²) in [7, 11) is 1.07. The van der Waals surface area contributed by atoms with Crippen LogP contribution in [0.2, 0.25) is 0 Å². The van der Waals surface area contributed by atoms with Crippen molar-refractivity contribution in [1.82, 2.24) is 5.32 Å². The van der Waals surface area contributed by atoms with E-state index in [4.69, 9.17) is 42.6 Å². The van der Waals surface area contributed by atoms with Crippen LogP contribution in [0.25, 0.3) is 11.1 Å². The van der Waals surface area contributed by atoms with E-state index in [9.17, 15) is 29.1 Å².